The number of nitrogens with zero attached hydrogens (tertiary/aromatic N) is 6. The van der Waals surface area contributed by atoms with Crippen LogP contribution in [0.1, 0.15) is 70.9 Å². The zero-order valence-electron chi connectivity index (χ0n) is 22.7. The maximum atomic E-state index is 13.4. The fourth-order valence-electron chi connectivity index (χ4n) is 5.27. The van der Waals surface area contributed by atoms with Crippen molar-refractivity contribution in [1.29, 1.82) is 0 Å². The van der Waals surface area contributed by atoms with Gasteiger partial charge in [0.2, 0.25) is 0 Å². The van der Waals surface area contributed by atoms with E-state index in [0.29, 0.717) is 45.8 Å². The highest BCUT2D eigenvalue weighted by Gasteiger charge is 2.45. The molecule has 41 heavy (non-hydrogen) atoms. The Hall–Kier alpha value is -3.95. The van der Waals surface area contributed by atoms with E-state index in [1.54, 1.807) is 33.0 Å². The number of aryl methyl sites for hydroxylation is 1. The van der Waals surface area contributed by atoms with Gasteiger partial charge in [-0.3, -0.25) is 4.79 Å². The van der Waals surface area contributed by atoms with Gasteiger partial charge in [0.15, 0.2) is 0 Å². The number of hydrogen-bond acceptors (Lipinski definition) is 11. The Morgan fingerprint density at radius 3 is 2.56 bits per heavy atom. The van der Waals surface area contributed by atoms with Crippen molar-refractivity contribution in [2.24, 2.45) is 5.73 Å². The number of aldehydes is 1. The van der Waals surface area contributed by atoms with Crippen LogP contribution in [0, 0.1) is 6.92 Å². The van der Waals surface area contributed by atoms with Gasteiger partial charge in [0.05, 0.1) is 34.2 Å². The van der Waals surface area contributed by atoms with Gasteiger partial charge >= 0.3 is 12.7 Å². The molecule has 0 bridgehead atoms. The first kappa shape index (κ1) is 28.6. The second-order valence-corrected chi connectivity index (χ2v) is 10.6. The van der Waals surface area contributed by atoms with Crippen LogP contribution in [0.25, 0.3) is 16.8 Å². The van der Waals surface area contributed by atoms with Crippen LogP contribution >= 0.6 is 0 Å². The van der Waals surface area contributed by atoms with Crippen LogP contribution in [-0.4, -0.2) is 70.8 Å². The number of alkyl halides is 2. The fourth-order valence-corrected chi connectivity index (χ4v) is 5.27. The Balaban J connectivity index is 1.73. The molecular formula is C27H29F2N7O5. The molecule has 3 aromatic heterocycles. The molecule has 5 rings (SSSR count). The van der Waals surface area contributed by atoms with E-state index in [9.17, 15) is 28.9 Å². The molecule has 12 nitrogen and oxygen atoms in total. The highest BCUT2D eigenvalue weighted by Crippen LogP contribution is 2.51. The van der Waals surface area contributed by atoms with E-state index < -0.39 is 30.2 Å². The second-order valence-electron chi connectivity index (χ2n) is 10.6. The molecule has 14 heteroatoms. The Morgan fingerprint density at radius 2 is 1.95 bits per heavy atom. The number of halogens is 2. The maximum Gasteiger partial charge on any atom is 0.387 e. The van der Waals surface area contributed by atoms with Crippen LogP contribution in [0.15, 0.2) is 36.8 Å². The number of benzene rings is 1. The molecule has 1 aromatic carbocycles. The van der Waals surface area contributed by atoms with Crippen molar-refractivity contribution >= 4 is 11.8 Å². The third-order valence-corrected chi connectivity index (χ3v) is 7.28. The molecule has 0 spiro atoms. The zero-order valence-corrected chi connectivity index (χ0v) is 22.7. The molecule has 0 fully saturated rings. The van der Waals surface area contributed by atoms with Gasteiger partial charge in [-0.1, -0.05) is 12.1 Å². The molecule has 2 unspecified atom stereocenters. The summed E-state index contributed by atoms with van der Waals surface area (Å²) in [4.78, 5) is 26.4. The van der Waals surface area contributed by atoms with Gasteiger partial charge in [-0.05, 0) is 46.4 Å². The first-order chi connectivity index (χ1) is 19.2. The standard InChI is InChI=1S/C27H29F2N7O5/c1-13-16(10-31-24(33-13)26(2,3)30)17-9-18-22-15(21-14(11-37)6-5-7-20(21)41-25(28)29)8-19(35(4)27(38,39)40)23(22)34-36(18)12-32-17/h5-7,9-12,15,19,25,38-40H,8,30H2,1-4H3. The quantitative estimate of drug-likeness (QED) is 0.181. The van der Waals surface area contributed by atoms with Crippen molar-refractivity contribution in [1.82, 2.24) is 29.5 Å². The summed E-state index contributed by atoms with van der Waals surface area (Å²) in [6, 6.07) is 5.07. The Labute approximate surface area is 233 Å². The van der Waals surface area contributed by atoms with Gasteiger partial charge in [0, 0.05) is 34.4 Å². The molecule has 5 N–H and O–H groups in total. The number of aliphatic hydroxyl groups is 3. The van der Waals surface area contributed by atoms with Crippen LogP contribution in [0.2, 0.25) is 0 Å². The van der Waals surface area contributed by atoms with Crippen molar-refractivity contribution in [3.63, 3.8) is 0 Å². The summed E-state index contributed by atoms with van der Waals surface area (Å²) in [5, 5.41) is 34.5. The average molecular weight is 570 g/mol. The van der Waals surface area contributed by atoms with Crippen LogP contribution in [-0.2, 0) is 5.54 Å². The smallest absolute Gasteiger partial charge is 0.387 e. The lowest BCUT2D eigenvalue weighted by atomic mass is 9.88. The molecule has 3 heterocycles. The predicted octanol–water partition coefficient (Wildman–Crippen LogP) is 2.20. The molecule has 0 aliphatic heterocycles. The average Bonchev–Trinajstić information content (AvgIpc) is 3.43. The van der Waals surface area contributed by atoms with E-state index in [0.717, 1.165) is 4.90 Å². The lowest BCUT2D eigenvalue weighted by Crippen LogP contribution is -2.47. The highest BCUT2D eigenvalue weighted by atomic mass is 19.3. The SMILES string of the molecule is Cc1nc(C(C)(C)N)ncc1-c1cc2c3c(nn2cn1)C(N(C)C(O)(O)O)CC3c1c(C=O)cccc1OC(F)F. The summed E-state index contributed by atoms with van der Waals surface area (Å²) >= 11 is 0. The first-order valence-corrected chi connectivity index (χ1v) is 12.6. The second kappa shape index (κ2) is 10.2. The summed E-state index contributed by atoms with van der Waals surface area (Å²) in [7, 11) is 1.27. The van der Waals surface area contributed by atoms with Crippen LogP contribution in [0.3, 0.4) is 0 Å². The molecular weight excluding hydrogens is 540 g/mol. The first-order valence-electron chi connectivity index (χ1n) is 12.6. The summed E-state index contributed by atoms with van der Waals surface area (Å²) in [6.45, 7) is 2.22. The van der Waals surface area contributed by atoms with Crippen LogP contribution < -0.4 is 10.5 Å². The number of carbonyl (C=O) groups is 1. The molecule has 1 aliphatic carbocycles. The maximum absolute atomic E-state index is 13.4. The van der Waals surface area contributed by atoms with E-state index in [-0.39, 0.29) is 23.3 Å². The number of hydrogen-bond donors (Lipinski definition) is 4. The van der Waals surface area contributed by atoms with E-state index in [2.05, 4.69) is 20.1 Å². The fraction of sp³-hybridized carbons (Fsp3) is 0.370. The molecule has 2 atom stereocenters. The molecule has 1 aliphatic rings. The van der Waals surface area contributed by atoms with E-state index in [1.165, 1.54) is 36.1 Å². The van der Waals surface area contributed by atoms with Gasteiger partial charge in [-0.15, -0.1) is 0 Å². The van der Waals surface area contributed by atoms with Gasteiger partial charge in [0.1, 0.15) is 24.2 Å². The molecule has 216 valence electrons. The largest absolute Gasteiger partial charge is 0.434 e. The Bertz CT molecular complexity index is 1630. The number of rotatable bonds is 8. The van der Waals surface area contributed by atoms with E-state index in [1.807, 2.05) is 0 Å². The van der Waals surface area contributed by atoms with Gasteiger partial charge in [0.25, 0.3) is 0 Å². The molecule has 0 saturated heterocycles. The normalized spacial score (nSPS) is 17.5. The summed E-state index contributed by atoms with van der Waals surface area (Å²) in [6.07, 6.45) is 0.445. The summed E-state index contributed by atoms with van der Waals surface area (Å²) in [5.41, 5.74) is 8.78. The topological polar surface area (TPSA) is 172 Å². The third-order valence-electron chi connectivity index (χ3n) is 7.28. The highest BCUT2D eigenvalue weighted by molar-refractivity contribution is 5.81. The van der Waals surface area contributed by atoms with Crippen molar-refractivity contribution in [2.75, 3.05) is 7.05 Å². The number of carbonyl (C=O) groups excluding carboxylic acids is 1. The number of fused-ring (bicyclic) bond motifs is 3. The number of aromatic nitrogens is 5. The van der Waals surface area contributed by atoms with Crippen LogP contribution in [0.5, 0.6) is 5.75 Å². The summed E-state index contributed by atoms with van der Waals surface area (Å²) < 4.78 is 33.0. The minimum Gasteiger partial charge on any atom is -0.434 e. The minimum absolute atomic E-state index is 0.0542. The number of nitrogens with two attached hydrogens (primary N) is 1. The summed E-state index contributed by atoms with van der Waals surface area (Å²) in [5.74, 6) is -0.515. The van der Waals surface area contributed by atoms with Crippen molar-refractivity contribution in [2.45, 2.75) is 57.4 Å². The predicted molar refractivity (Wildman–Crippen MR) is 141 cm³/mol. The monoisotopic (exact) mass is 569 g/mol. The Kier molecular flexibility index (Phi) is 7.07. The molecule has 0 saturated carbocycles. The lowest BCUT2D eigenvalue weighted by molar-refractivity contribution is -0.396. The molecule has 4 aromatic rings. The molecule has 0 amide bonds. The molecule has 0 radical (unpaired) electrons. The van der Waals surface area contributed by atoms with Gasteiger partial charge < -0.3 is 25.8 Å². The van der Waals surface area contributed by atoms with Crippen molar-refractivity contribution in [3.05, 3.63) is 70.7 Å². The minimum atomic E-state index is -3.21. The van der Waals surface area contributed by atoms with Crippen LogP contribution in [0.4, 0.5) is 8.78 Å². The van der Waals surface area contributed by atoms with Gasteiger partial charge in [-0.25, -0.2) is 24.4 Å². The Morgan fingerprint density at radius 1 is 1.22 bits per heavy atom. The van der Waals surface area contributed by atoms with Crippen molar-refractivity contribution in [3.8, 4) is 17.0 Å². The lowest BCUT2D eigenvalue weighted by Gasteiger charge is -2.31. The third kappa shape index (κ3) is 5.15. The van der Waals surface area contributed by atoms with E-state index >= 15 is 0 Å². The number of ether oxygens (including phenoxy) is 1. The van der Waals surface area contributed by atoms with Crippen molar-refractivity contribution < 1.29 is 33.6 Å². The zero-order chi connectivity index (χ0) is 29.9. The van der Waals surface area contributed by atoms with Gasteiger partial charge in [-0.2, -0.15) is 13.9 Å². The van der Waals surface area contributed by atoms with E-state index in [4.69, 9.17) is 10.5 Å².